The molecule has 1 aliphatic heterocycles. The fourth-order valence-electron chi connectivity index (χ4n) is 3.14. The summed E-state index contributed by atoms with van der Waals surface area (Å²) in [4.78, 5) is 26.1. The molecule has 0 atom stereocenters. The van der Waals surface area contributed by atoms with E-state index in [1.165, 1.54) is 0 Å². The van der Waals surface area contributed by atoms with E-state index in [0.717, 1.165) is 32.5 Å². The molecule has 1 aliphatic rings. The molecular weight excluding hydrogens is 316 g/mol. The first-order valence-corrected chi connectivity index (χ1v) is 9.25. The summed E-state index contributed by atoms with van der Waals surface area (Å²) in [5.41, 5.74) is 0.674. The van der Waals surface area contributed by atoms with E-state index in [1.807, 2.05) is 6.92 Å². The van der Waals surface area contributed by atoms with Crippen molar-refractivity contribution < 1.29 is 14.3 Å². The predicted molar refractivity (Wildman–Crippen MR) is 99.0 cm³/mol. The Morgan fingerprint density at radius 2 is 1.84 bits per heavy atom. The lowest BCUT2D eigenvalue weighted by molar-refractivity contribution is -0.124. The minimum Gasteiger partial charge on any atom is -0.484 e. The molecule has 1 aromatic carbocycles. The van der Waals surface area contributed by atoms with Crippen molar-refractivity contribution in [3.05, 3.63) is 29.8 Å². The first-order chi connectivity index (χ1) is 12.0. The van der Waals surface area contributed by atoms with Crippen LogP contribution in [-0.4, -0.2) is 48.9 Å². The van der Waals surface area contributed by atoms with Gasteiger partial charge in [-0.05, 0) is 43.0 Å². The van der Waals surface area contributed by atoms with Crippen LogP contribution in [0.3, 0.4) is 0 Å². The molecular formula is C20H30N2O3. The Morgan fingerprint density at radius 1 is 1.20 bits per heavy atom. The van der Waals surface area contributed by atoms with Gasteiger partial charge in [0.25, 0.3) is 5.91 Å². The molecule has 0 aliphatic carbocycles. The van der Waals surface area contributed by atoms with Crippen molar-refractivity contribution in [3.8, 4) is 5.75 Å². The van der Waals surface area contributed by atoms with Gasteiger partial charge in [-0.15, -0.1) is 0 Å². The third-order valence-corrected chi connectivity index (χ3v) is 4.44. The van der Waals surface area contributed by atoms with Crippen LogP contribution in [0.4, 0.5) is 0 Å². The van der Waals surface area contributed by atoms with E-state index in [0.29, 0.717) is 23.7 Å². The Bertz CT molecular complexity index is 561. The van der Waals surface area contributed by atoms with E-state index < -0.39 is 0 Å². The van der Waals surface area contributed by atoms with Crippen molar-refractivity contribution in [2.75, 3.05) is 26.2 Å². The number of hydrogen-bond donors (Lipinski definition) is 1. The lowest BCUT2D eigenvalue weighted by atomic mass is 10.0. The van der Waals surface area contributed by atoms with Crippen LogP contribution in [0.2, 0.25) is 0 Å². The number of Topliss-reactive ketones (excluding diaryl/α,β-unsaturated/α-hetero) is 1. The molecule has 5 nitrogen and oxygen atoms in total. The maximum atomic E-state index is 12.1. The van der Waals surface area contributed by atoms with Gasteiger partial charge in [-0.25, -0.2) is 0 Å². The molecule has 5 heteroatoms. The number of rotatable bonds is 8. The first kappa shape index (κ1) is 19.4. The Balaban J connectivity index is 1.70. The molecule has 0 saturated carbocycles. The van der Waals surface area contributed by atoms with Crippen LogP contribution in [0.1, 0.15) is 50.4 Å². The summed E-state index contributed by atoms with van der Waals surface area (Å²) in [6, 6.07) is 7.19. The molecule has 1 amide bonds. The van der Waals surface area contributed by atoms with Crippen LogP contribution >= 0.6 is 0 Å². The fraction of sp³-hybridized carbons (Fsp3) is 0.600. The predicted octanol–water partition coefficient (Wildman–Crippen LogP) is 2.89. The number of nitrogens with zero attached hydrogens (tertiary/aromatic N) is 1. The molecule has 0 radical (unpaired) electrons. The Kier molecular flexibility index (Phi) is 7.44. The monoisotopic (exact) mass is 346 g/mol. The van der Waals surface area contributed by atoms with Crippen LogP contribution < -0.4 is 10.1 Å². The summed E-state index contributed by atoms with van der Waals surface area (Å²) < 4.78 is 5.52. The molecule has 2 rings (SSSR count). The van der Waals surface area contributed by atoms with E-state index in [1.54, 1.807) is 24.3 Å². The van der Waals surface area contributed by atoms with Crippen LogP contribution in [0.25, 0.3) is 0 Å². The highest BCUT2D eigenvalue weighted by molar-refractivity contribution is 5.95. The number of carbonyl (C=O) groups is 2. The van der Waals surface area contributed by atoms with Crippen molar-refractivity contribution in [1.29, 1.82) is 0 Å². The molecule has 1 N–H and O–H groups in total. The maximum absolute atomic E-state index is 12.1. The number of carbonyl (C=O) groups excluding carboxylic acids is 2. The number of benzene rings is 1. The summed E-state index contributed by atoms with van der Waals surface area (Å²) in [5, 5.41) is 3.06. The van der Waals surface area contributed by atoms with Crippen molar-refractivity contribution in [3.63, 3.8) is 0 Å². The summed E-state index contributed by atoms with van der Waals surface area (Å²) in [6.45, 7) is 9.51. The van der Waals surface area contributed by atoms with E-state index in [9.17, 15) is 9.59 Å². The summed E-state index contributed by atoms with van der Waals surface area (Å²) in [7, 11) is 0. The van der Waals surface area contributed by atoms with Gasteiger partial charge in [0, 0.05) is 37.7 Å². The van der Waals surface area contributed by atoms with E-state index >= 15 is 0 Å². The SMILES string of the molecule is CCC(=O)c1ccc(OCC(=O)NC2CCN(CC(C)C)CC2)cc1. The minimum atomic E-state index is -0.0870. The summed E-state index contributed by atoms with van der Waals surface area (Å²) in [5.74, 6) is 1.30. The smallest absolute Gasteiger partial charge is 0.258 e. The molecule has 1 heterocycles. The van der Waals surface area contributed by atoms with Crippen LogP contribution in [0, 0.1) is 5.92 Å². The molecule has 0 spiro atoms. The second-order valence-corrected chi connectivity index (χ2v) is 7.13. The zero-order chi connectivity index (χ0) is 18.2. The van der Waals surface area contributed by atoms with Crippen molar-refractivity contribution in [2.45, 2.75) is 46.1 Å². The highest BCUT2D eigenvalue weighted by Gasteiger charge is 2.21. The Labute approximate surface area is 150 Å². The molecule has 1 saturated heterocycles. The van der Waals surface area contributed by atoms with Crippen LogP contribution in [-0.2, 0) is 4.79 Å². The number of hydrogen-bond acceptors (Lipinski definition) is 4. The molecule has 1 fully saturated rings. The van der Waals surface area contributed by atoms with Crippen molar-refractivity contribution in [1.82, 2.24) is 10.2 Å². The lowest BCUT2D eigenvalue weighted by Crippen LogP contribution is -2.46. The van der Waals surface area contributed by atoms with Crippen LogP contribution in [0.5, 0.6) is 5.75 Å². The van der Waals surface area contributed by atoms with Gasteiger partial charge in [0.05, 0.1) is 0 Å². The van der Waals surface area contributed by atoms with Gasteiger partial charge in [0.1, 0.15) is 5.75 Å². The molecule has 0 unspecified atom stereocenters. The third kappa shape index (κ3) is 6.50. The van der Waals surface area contributed by atoms with Gasteiger partial charge >= 0.3 is 0 Å². The van der Waals surface area contributed by atoms with Gasteiger partial charge < -0.3 is 15.0 Å². The summed E-state index contributed by atoms with van der Waals surface area (Å²) in [6.07, 6.45) is 2.47. The third-order valence-electron chi connectivity index (χ3n) is 4.44. The van der Waals surface area contributed by atoms with Gasteiger partial charge in [-0.2, -0.15) is 0 Å². The second-order valence-electron chi connectivity index (χ2n) is 7.13. The lowest BCUT2D eigenvalue weighted by Gasteiger charge is -2.33. The quantitative estimate of drug-likeness (QED) is 0.735. The van der Waals surface area contributed by atoms with E-state index in [-0.39, 0.29) is 24.3 Å². The normalized spacial score (nSPS) is 16.0. The van der Waals surface area contributed by atoms with Gasteiger partial charge in [-0.1, -0.05) is 20.8 Å². The molecule has 138 valence electrons. The highest BCUT2D eigenvalue weighted by Crippen LogP contribution is 2.14. The van der Waals surface area contributed by atoms with Gasteiger partial charge in [0.15, 0.2) is 12.4 Å². The number of amides is 1. The van der Waals surface area contributed by atoms with Crippen LogP contribution in [0.15, 0.2) is 24.3 Å². The number of likely N-dealkylation sites (tertiary alicyclic amines) is 1. The van der Waals surface area contributed by atoms with Gasteiger partial charge in [-0.3, -0.25) is 9.59 Å². The molecule has 1 aromatic rings. The standard InChI is InChI=1S/C20H30N2O3/c1-4-19(23)16-5-7-18(8-6-16)25-14-20(24)21-17-9-11-22(12-10-17)13-15(2)3/h5-8,15,17H,4,9-14H2,1-3H3,(H,21,24). The van der Waals surface area contributed by atoms with Gasteiger partial charge in [0.2, 0.25) is 0 Å². The summed E-state index contributed by atoms with van der Waals surface area (Å²) >= 11 is 0. The molecule has 0 bridgehead atoms. The molecule has 25 heavy (non-hydrogen) atoms. The zero-order valence-corrected chi connectivity index (χ0v) is 15.6. The number of ether oxygens (including phenoxy) is 1. The Hall–Kier alpha value is -1.88. The topological polar surface area (TPSA) is 58.6 Å². The zero-order valence-electron chi connectivity index (χ0n) is 15.6. The molecule has 0 aromatic heterocycles. The van der Waals surface area contributed by atoms with E-state index in [4.69, 9.17) is 4.74 Å². The van der Waals surface area contributed by atoms with Crippen molar-refractivity contribution >= 4 is 11.7 Å². The van der Waals surface area contributed by atoms with E-state index in [2.05, 4.69) is 24.1 Å². The fourth-order valence-corrected chi connectivity index (χ4v) is 3.14. The number of ketones is 1. The largest absolute Gasteiger partial charge is 0.484 e. The maximum Gasteiger partial charge on any atom is 0.258 e. The second kappa shape index (κ2) is 9.56. The highest BCUT2D eigenvalue weighted by atomic mass is 16.5. The number of piperidine rings is 1. The Morgan fingerprint density at radius 3 is 2.40 bits per heavy atom. The number of nitrogens with one attached hydrogen (secondary N) is 1. The minimum absolute atomic E-state index is 0.00722. The average Bonchev–Trinajstić information content (AvgIpc) is 2.61. The van der Waals surface area contributed by atoms with Crippen molar-refractivity contribution in [2.24, 2.45) is 5.92 Å². The average molecular weight is 346 g/mol. The first-order valence-electron chi connectivity index (χ1n) is 9.25.